The smallest absolute Gasteiger partial charge is 0.242 e. The van der Waals surface area contributed by atoms with Crippen molar-refractivity contribution in [3.8, 4) is 0 Å². The van der Waals surface area contributed by atoms with Crippen LogP contribution in [0, 0.1) is 5.41 Å². The maximum atomic E-state index is 11.5. The molecule has 0 unspecified atom stereocenters. The molecule has 0 saturated heterocycles. The van der Waals surface area contributed by atoms with E-state index in [1.54, 1.807) is 6.92 Å². The highest BCUT2D eigenvalue weighted by Gasteiger charge is 2.24. The number of rotatable bonds is 3. The van der Waals surface area contributed by atoms with Gasteiger partial charge in [-0.15, -0.1) is 0 Å². The van der Waals surface area contributed by atoms with Crippen LogP contribution in [0.4, 0.5) is 0 Å². The molecule has 2 N–H and O–H groups in total. The monoisotopic (exact) mass is 200 g/mol. The summed E-state index contributed by atoms with van der Waals surface area (Å²) in [4.78, 5) is 22.8. The largest absolute Gasteiger partial charge is 0.355 e. The van der Waals surface area contributed by atoms with Gasteiger partial charge in [-0.3, -0.25) is 9.59 Å². The lowest BCUT2D eigenvalue weighted by Gasteiger charge is -2.21. The molecule has 0 saturated carbocycles. The number of carbonyl (C=O) groups excluding carboxylic acids is 2. The predicted octanol–water partition coefficient (Wildman–Crippen LogP) is 0.673. The van der Waals surface area contributed by atoms with Crippen molar-refractivity contribution in [3.63, 3.8) is 0 Å². The van der Waals surface area contributed by atoms with Crippen LogP contribution in [0.15, 0.2) is 0 Å². The first kappa shape index (κ1) is 12.9. The van der Waals surface area contributed by atoms with Gasteiger partial charge in [0.2, 0.25) is 11.8 Å². The fourth-order valence-corrected chi connectivity index (χ4v) is 0.806. The van der Waals surface area contributed by atoms with Crippen LogP contribution in [0.25, 0.3) is 0 Å². The summed E-state index contributed by atoms with van der Waals surface area (Å²) in [5.74, 6) is -0.263. The van der Waals surface area contributed by atoms with E-state index in [0.717, 1.165) is 0 Å². The van der Waals surface area contributed by atoms with Gasteiger partial charge in [0.05, 0.1) is 0 Å². The van der Waals surface area contributed by atoms with Gasteiger partial charge in [-0.2, -0.15) is 0 Å². The highest BCUT2D eigenvalue weighted by molar-refractivity contribution is 5.89. The van der Waals surface area contributed by atoms with Crippen molar-refractivity contribution in [2.45, 2.75) is 40.7 Å². The SMILES string of the molecule is CCNC(=O)[C@@H](C)NC(=O)C(C)(C)C. The van der Waals surface area contributed by atoms with E-state index in [1.807, 2.05) is 27.7 Å². The lowest BCUT2D eigenvalue weighted by atomic mass is 9.95. The molecule has 4 nitrogen and oxygen atoms in total. The second kappa shape index (κ2) is 4.98. The molecule has 14 heavy (non-hydrogen) atoms. The van der Waals surface area contributed by atoms with Gasteiger partial charge in [-0.25, -0.2) is 0 Å². The Kier molecular flexibility index (Phi) is 4.60. The van der Waals surface area contributed by atoms with Crippen molar-refractivity contribution in [2.24, 2.45) is 5.41 Å². The molecule has 0 aliphatic rings. The second-order valence-electron chi connectivity index (χ2n) is 4.34. The molecule has 0 aromatic heterocycles. The van der Waals surface area contributed by atoms with Gasteiger partial charge in [0.1, 0.15) is 6.04 Å². The van der Waals surface area contributed by atoms with Crippen LogP contribution >= 0.6 is 0 Å². The second-order valence-corrected chi connectivity index (χ2v) is 4.34. The Morgan fingerprint density at radius 3 is 2.14 bits per heavy atom. The van der Waals surface area contributed by atoms with Gasteiger partial charge < -0.3 is 10.6 Å². The summed E-state index contributed by atoms with van der Waals surface area (Å²) >= 11 is 0. The highest BCUT2D eigenvalue weighted by atomic mass is 16.2. The van der Waals surface area contributed by atoms with Gasteiger partial charge in [0, 0.05) is 12.0 Å². The molecule has 1 atom stereocenters. The maximum absolute atomic E-state index is 11.5. The Balaban J connectivity index is 4.13. The van der Waals surface area contributed by atoms with Gasteiger partial charge in [-0.1, -0.05) is 20.8 Å². The molecule has 0 radical (unpaired) electrons. The van der Waals surface area contributed by atoms with Crippen molar-refractivity contribution in [3.05, 3.63) is 0 Å². The third-order valence-electron chi connectivity index (χ3n) is 1.77. The Morgan fingerprint density at radius 1 is 1.29 bits per heavy atom. The summed E-state index contributed by atoms with van der Waals surface area (Å²) < 4.78 is 0. The Bertz CT molecular complexity index is 219. The molecular formula is C10H20N2O2. The minimum absolute atomic E-state index is 0.115. The van der Waals surface area contributed by atoms with E-state index in [2.05, 4.69) is 10.6 Å². The summed E-state index contributed by atoms with van der Waals surface area (Å²) in [6.07, 6.45) is 0. The number of likely N-dealkylation sites (N-methyl/N-ethyl adjacent to an activating group) is 1. The summed E-state index contributed by atoms with van der Waals surface area (Å²) in [5, 5.41) is 5.30. The van der Waals surface area contributed by atoms with Crippen LogP contribution in [0.5, 0.6) is 0 Å². The van der Waals surface area contributed by atoms with Crippen LogP contribution in [-0.4, -0.2) is 24.4 Å². The number of hydrogen-bond acceptors (Lipinski definition) is 2. The van der Waals surface area contributed by atoms with E-state index in [4.69, 9.17) is 0 Å². The summed E-state index contributed by atoms with van der Waals surface area (Å²) in [6.45, 7) is 9.53. The molecule has 2 amide bonds. The lowest BCUT2D eigenvalue weighted by molar-refractivity contribution is -0.133. The number of amides is 2. The minimum atomic E-state index is -0.471. The minimum Gasteiger partial charge on any atom is -0.355 e. The van der Waals surface area contributed by atoms with E-state index < -0.39 is 11.5 Å². The van der Waals surface area contributed by atoms with Gasteiger partial charge in [0.25, 0.3) is 0 Å². The summed E-state index contributed by atoms with van der Waals surface area (Å²) in [7, 11) is 0. The molecule has 0 rings (SSSR count). The molecule has 0 spiro atoms. The fourth-order valence-electron chi connectivity index (χ4n) is 0.806. The normalized spacial score (nSPS) is 13.2. The molecule has 0 aromatic carbocycles. The van der Waals surface area contributed by atoms with Crippen molar-refractivity contribution in [2.75, 3.05) is 6.54 Å². The molecule has 0 aliphatic carbocycles. The molecule has 0 aromatic rings. The zero-order chi connectivity index (χ0) is 11.4. The zero-order valence-electron chi connectivity index (χ0n) is 9.60. The molecule has 4 heteroatoms. The Hall–Kier alpha value is -1.06. The van der Waals surface area contributed by atoms with E-state index in [-0.39, 0.29) is 11.8 Å². The highest BCUT2D eigenvalue weighted by Crippen LogP contribution is 2.12. The topological polar surface area (TPSA) is 58.2 Å². The first-order chi connectivity index (χ1) is 6.29. The van der Waals surface area contributed by atoms with Crippen molar-refractivity contribution in [1.82, 2.24) is 10.6 Å². The first-order valence-corrected chi connectivity index (χ1v) is 4.87. The van der Waals surface area contributed by atoms with Gasteiger partial charge in [-0.05, 0) is 13.8 Å². The molecule has 0 aliphatic heterocycles. The number of hydrogen-bond donors (Lipinski definition) is 2. The van der Waals surface area contributed by atoms with Gasteiger partial charge in [0.15, 0.2) is 0 Å². The molecule has 0 heterocycles. The standard InChI is InChI=1S/C10H20N2O2/c1-6-11-8(13)7(2)12-9(14)10(3,4)5/h7H,6H2,1-5H3,(H,11,13)(H,12,14)/t7-/m1/s1. The van der Waals surface area contributed by atoms with Gasteiger partial charge >= 0.3 is 0 Å². The Labute approximate surface area is 85.4 Å². The zero-order valence-corrected chi connectivity index (χ0v) is 9.60. The van der Waals surface area contributed by atoms with Crippen molar-refractivity contribution >= 4 is 11.8 Å². The summed E-state index contributed by atoms with van der Waals surface area (Å²) in [5.41, 5.74) is -0.458. The Morgan fingerprint density at radius 2 is 1.79 bits per heavy atom. The molecule has 0 bridgehead atoms. The van der Waals surface area contributed by atoms with Crippen LogP contribution in [0.1, 0.15) is 34.6 Å². The molecular weight excluding hydrogens is 180 g/mol. The first-order valence-electron chi connectivity index (χ1n) is 4.87. The average molecular weight is 200 g/mol. The van der Waals surface area contributed by atoms with E-state index in [9.17, 15) is 9.59 Å². The summed E-state index contributed by atoms with van der Waals surface area (Å²) in [6, 6.07) is -0.471. The third kappa shape index (κ3) is 4.25. The lowest BCUT2D eigenvalue weighted by Crippen LogP contribution is -2.48. The predicted molar refractivity (Wildman–Crippen MR) is 55.7 cm³/mol. The molecule has 0 fully saturated rings. The van der Waals surface area contributed by atoms with Crippen LogP contribution in [0.3, 0.4) is 0 Å². The number of nitrogens with one attached hydrogen (secondary N) is 2. The number of carbonyl (C=O) groups is 2. The average Bonchev–Trinajstić information content (AvgIpc) is 2.02. The van der Waals surface area contributed by atoms with Crippen LogP contribution < -0.4 is 10.6 Å². The maximum Gasteiger partial charge on any atom is 0.242 e. The quantitative estimate of drug-likeness (QED) is 0.703. The molecule has 82 valence electrons. The van der Waals surface area contributed by atoms with E-state index in [1.165, 1.54) is 0 Å². The van der Waals surface area contributed by atoms with E-state index in [0.29, 0.717) is 6.54 Å². The van der Waals surface area contributed by atoms with E-state index >= 15 is 0 Å². The third-order valence-corrected chi connectivity index (χ3v) is 1.77. The van der Waals surface area contributed by atoms with Crippen LogP contribution in [0.2, 0.25) is 0 Å². The van der Waals surface area contributed by atoms with Crippen molar-refractivity contribution < 1.29 is 9.59 Å². The fraction of sp³-hybridized carbons (Fsp3) is 0.800. The van der Waals surface area contributed by atoms with Crippen LogP contribution in [-0.2, 0) is 9.59 Å². The van der Waals surface area contributed by atoms with Crippen molar-refractivity contribution in [1.29, 1.82) is 0 Å².